The minimum atomic E-state index is 0.724. The molecule has 1 heteroatoms. The Hall–Kier alpha value is 0.0300. The molecule has 0 aromatic carbocycles. The highest BCUT2D eigenvalue weighted by atomic mass is 35.5. The summed E-state index contributed by atoms with van der Waals surface area (Å²) in [6.45, 7) is 8.85. The molecular formula is C15H31Cl. The molecule has 0 atom stereocenters. The van der Waals surface area contributed by atoms with Crippen LogP contribution in [0.2, 0.25) is 0 Å². The topological polar surface area (TPSA) is 0 Å². The van der Waals surface area contributed by atoms with Crippen LogP contribution in [-0.4, -0.2) is 5.88 Å². The zero-order chi connectivity index (χ0) is 12.6. The molecule has 0 aliphatic rings. The molecule has 0 aliphatic carbocycles. The Morgan fingerprint density at radius 1 is 0.938 bits per heavy atom. The molecule has 0 bridgehead atoms. The fourth-order valence-corrected chi connectivity index (χ4v) is 1.41. The summed E-state index contributed by atoms with van der Waals surface area (Å²) in [5, 5.41) is 0. The second-order valence-electron chi connectivity index (χ2n) is 4.56. The van der Waals surface area contributed by atoms with Crippen LogP contribution < -0.4 is 0 Å². The van der Waals surface area contributed by atoms with Gasteiger partial charge in [-0.1, -0.05) is 65.5 Å². The van der Waals surface area contributed by atoms with Gasteiger partial charge in [0.1, 0.15) is 0 Å². The van der Waals surface area contributed by atoms with E-state index in [1.165, 1.54) is 44.9 Å². The summed E-state index contributed by atoms with van der Waals surface area (Å²) in [7, 11) is 0. The maximum Gasteiger partial charge on any atom is 0.0223 e. The Kier molecular flexibility index (Phi) is 20.0. The number of hydrogen-bond donors (Lipinski definition) is 0. The highest BCUT2D eigenvalue weighted by Crippen LogP contribution is 2.01. The monoisotopic (exact) mass is 246 g/mol. The van der Waals surface area contributed by atoms with Crippen molar-refractivity contribution in [1.29, 1.82) is 0 Å². The molecule has 0 nitrogen and oxygen atoms in total. The summed E-state index contributed by atoms with van der Waals surface area (Å²) in [4.78, 5) is 0. The second-order valence-corrected chi connectivity index (χ2v) is 4.94. The van der Waals surface area contributed by atoms with Gasteiger partial charge in [-0.3, -0.25) is 0 Å². The summed E-state index contributed by atoms with van der Waals surface area (Å²) in [5.74, 6) is 1.55. The van der Waals surface area contributed by atoms with E-state index in [9.17, 15) is 0 Å². The number of unbranched alkanes of at least 4 members (excludes halogenated alkanes) is 5. The summed E-state index contributed by atoms with van der Waals surface area (Å²) < 4.78 is 0. The maximum atomic E-state index is 5.38. The molecule has 0 fully saturated rings. The first-order chi connectivity index (χ1) is 7.68. The molecule has 0 aliphatic heterocycles. The molecule has 0 heterocycles. The van der Waals surface area contributed by atoms with E-state index in [1.807, 2.05) is 0 Å². The van der Waals surface area contributed by atoms with Crippen molar-refractivity contribution in [2.75, 3.05) is 5.88 Å². The highest BCUT2D eigenvalue weighted by molar-refractivity contribution is 6.17. The summed E-state index contributed by atoms with van der Waals surface area (Å²) >= 11 is 5.38. The molecule has 0 aromatic rings. The van der Waals surface area contributed by atoms with Gasteiger partial charge in [0, 0.05) is 5.88 Å². The normalized spacial score (nSPS) is 10.6. The molecule has 0 saturated carbocycles. The van der Waals surface area contributed by atoms with E-state index in [2.05, 4.69) is 39.8 Å². The molecule has 16 heavy (non-hydrogen) atoms. The molecule has 0 radical (unpaired) electrons. The lowest BCUT2D eigenvalue weighted by Crippen LogP contribution is -1.77. The summed E-state index contributed by atoms with van der Waals surface area (Å²) in [6, 6.07) is 0. The molecule has 0 saturated heterocycles. The Balaban J connectivity index is 0. The third kappa shape index (κ3) is 23.7. The lowest BCUT2D eigenvalue weighted by Gasteiger charge is -1.94. The molecule has 0 spiro atoms. The van der Waals surface area contributed by atoms with Crippen molar-refractivity contribution < 1.29 is 0 Å². The Labute approximate surface area is 108 Å². The van der Waals surface area contributed by atoms with Crippen LogP contribution in [0.15, 0.2) is 12.2 Å². The van der Waals surface area contributed by atoms with Crippen LogP contribution in [0.4, 0.5) is 0 Å². The number of hydrogen-bond acceptors (Lipinski definition) is 0. The summed E-state index contributed by atoms with van der Waals surface area (Å²) in [5.41, 5.74) is 0. The number of rotatable bonds is 8. The van der Waals surface area contributed by atoms with Crippen LogP contribution in [0.1, 0.15) is 72.6 Å². The molecule has 0 aromatic heterocycles. The predicted molar refractivity (Wildman–Crippen MR) is 78.4 cm³/mol. The Morgan fingerprint density at radius 3 is 1.88 bits per heavy atom. The van der Waals surface area contributed by atoms with Gasteiger partial charge in [-0.2, -0.15) is 0 Å². The van der Waals surface area contributed by atoms with Crippen LogP contribution in [0.5, 0.6) is 0 Å². The number of allylic oxidation sites excluding steroid dienone is 2. The SMILES string of the molecule is CCCCCC=CC(C)C.CCCCCCl. The fraction of sp³-hybridized carbons (Fsp3) is 0.867. The van der Waals surface area contributed by atoms with Crippen molar-refractivity contribution in [2.24, 2.45) is 5.92 Å². The average molecular weight is 247 g/mol. The second kappa shape index (κ2) is 17.4. The summed E-state index contributed by atoms with van der Waals surface area (Å²) in [6.07, 6.45) is 13.7. The van der Waals surface area contributed by atoms with Gasteiger partial charge in [-0.15, -0.1) is 11.6 Å². The molecule has 98 valence electrons. The molecule has 0 amide bonds. The van der Waals surface area contributed by atoms with Crippen LogP contribution in [-0.2, 0) is 0 Å². The van der Waals surface area contributed by atoms with Gasteiger partial charge in [-0.25, -0.2) is 0 Å². The molecule has 0 N–H and O–H groups in total. The van der Waals surface area contributed by atoms with Gasteiger partial charge >= 0.3 is 0 Å². The van der Waals surface area contributed by atoms with E-state index in [4.69, 9.17) is 11.6 Å². The van der Waals surface area contributed by atoms with E-state index < -0.39 is 0 Å². The van der Waals surface area contributed by atoms with Gasteiger partial charge in [0.05, 0.1) is 0 Å². The van der Waals surface area contributed by atoms with Crippen molar-refractivity contribution in [1.82, 2.24) is 0 Å². The first-order valence-electron chi connectivity index (χ1n) is 6.91. The largest absolute Gasteiger partial charge is 0.127 e. The van der Waals surface area contributed by atoms with E-state index in [1.54, 1.807) is 0 Å². The first kappa shape index (κ1) is 18.4. The van der Waals surface area contributed by atoms with E-state index in [0.717, 1.165) is 11.8 Å². The lowest BCUT2D eigenvalue weighted by molar-refractivity contribution is 0.723. The predicted octanol–water partition coefficient (Wildman–Crippen LogP) is 6.19. The lowest BCUT2D eigenvalue weighted by atomic mass is 10.1. The van der Waals surface area contributed by atoms with Gasteiger partial charge in [0.2, 0.25) is 0 Å². The van der Waals surface area contributed by atoms with E-state index >= 15 is 0 Å². The maximum absolute atomic E-state index is 5.38. The highest BCUT2D eigenvalue weighted by Gasteiger charge is 1.83. The quantitative estimate of drug-likeness (QED) is 0.272. The number of alkyl halides is 1. The van der Waals surface area contributed by atoms with Crippen molar-refractivity contribution in [3.63, 3.8) is 0 Å². The Morgan fingerprint density at radius 2 is 1.50 bits per heavy atom. The third-order valence-corrected chi connectivity index (χ3v) is 2.50. The minimum Gasteiger partial charge on any atom is -0.127 e. The van der Waals surface area contributed by atoms with Gasteiger partial charge in [-0.05, 0) is 25.2 Å². The van der Waals surface area contributed by atoms with Gasteiger partial charge < -0.3 is 0 Å². The molecule has 0 unspecified atom stereocenters. The molecular weight excluding hydrogens is 216 g/mol. The van der Waals surface area contributed by atoms with Gasteiger partial charge in [0.25, 0.3) is 0 Å². The average Bonchev–Trinajstić information content (AvgIpc) is 2.26. The van der Waals surface area contributed by atoms with Crippen LogP contribution >= 0.6 is 11.6 Å². The molecule has 0 rings (SSSR count). The first-order valence-corrected chi connectivity index (χ1v) is 7.45. The zero-order valence-electron chi connectivity index (χ0n) is 11.8. The standard InChI is InChI=1S/C10H20.C5H11Cl/c1-4-5-6-7-8-9-10(2)3;1-2-3-4-5-6/h8-10H,4-7H2,1-3H3;2-5H2,1H3. The minimum absolute atomic E-state index is 0.724. The third-order valence-electron chi connectivity index (χ3n) is 2.23. The van der Waals surface area contributed by atoms with E-state index in [0.29, 0.717) is 0 Å². The van der Waals surface area contributed by atoms with Crippen molar-refractivity contribution in [3.8, 4) is 0 Å². The zero-order valence-corrected chi connectivity index (χ0v) is 12.5. The van der Waals surface area contributed by atoms with Gasteiger partial charge in [0.15, 0.2) is 0 Å². The van der Waals surface area contributed by atoms with Crippen LogP contribution in [0, 0.1) is 5.92 Å². The fourth-order valence-electron chi connectivity index (χ4n) is 1.23. The van der Waals surface area contributed by atoms with Crippen LogP contribution in [0.3, 0.4) is 0 Å². The van der Waals surface area contributed by atoms with Crippen molar-refractivity contribution in [2.45, 2.75) is 72.6 Å². The Bertz CT molecular complexity index is 123. The van der Waals surface area contributed by atoms with Crippen LogP contribution in [0.25, 0.3) is 0 Å². The van der Waals surface area contributed by atoms with Crippen molar-refractivity contribution in [3.05, 3.63) is 12.2 Å². The van der Waals surface area contributed by atoms with E-state index in [-0.39, 0.29) is 0 Å². The van der Waals surface area contributed by atoms with Crippen molar-refractivity contribution >= 4 is 11.6 Å². The number of halogens is 1. The smallest absolute Gasteiger partial charge is 0.0223 e.